The van der Waals surface area contributed by atoms with Crippen LogP contribution in [0, 0.1) is 13.8 Å². The van der Waals surface area contributed by atoms with Crippen molar-refractivity contribution in [2.24, 2.45) is 0 Å². The summed E-state index contributed by atoms with van der Waals surface area (Å²) >= 11 is 0. The van der Waals surface area contributed by atoms with Crippen LogP contribution in [0.4, 0.5) is 0 Å². The molecular formula is C19H27N3O2. The maximum absolute atomic E-state index is 5.61. The van der Waals surface area contributed by atoms with Crippen LogP contribution in [0.1, 0.15) is 29.8 Å². The minimum absolute atomic E-state index is 0.0396. The van der Waals surface area contributed by atoms with Gasteiger partial charge in [-0.05, 0) is 51.1 Å². The molecular weight excluding hydrogens is 302 g/mol. The van der Waals surface area contributed by atoms with Crippen LogP contribution in [0.15, 0.2) is 30.3 Å². The molecule has 0 spiro atoms. The molecule has 0 radical (unpaired) electrons. The summed E-state index contributed by atoms with van der Waals surface area (Å²) in [4.78, 5) is 2.31. The van der Waals surface area contributed by atoms with Crippen LogP contribution in [0.5, 0.6) is 0 Å². The Kier molecular flexibility index (Phi) is 5.66. The van der Waals surface area contributed by atoms with Gasteiger partial charge in [-0.25, -0.2) is 4.68 Å². The zero-order valence-electron chi connectivity index (χ0n) is 14.9. The van der Waals surface area contributed by atoms with Crippen molar-refractivity contribution in [2.75, 3.05) is 26.8 Å². The minimum Gasteiger partial charge on any atom is -0.353 e. The summed E-state index contributed by atoms with van der Waals surface area (Å²) in [7, 11) is 2.14. The molecule has 0 saturated carbocycles. The molecule has 5 heteroatoms. The van der Waals surface area contributed by atoms with Crippen molar-refractivity contribution in [3.05, 3.63) is 47.3 Å². The van der Waals surface area contributed by atoms with Crippen molar-refractivity contribution in [3.8, 4) is 5.69 Å². The Labute approximate surface area is 144 Å². The third-order valence-electron chi connectivity index (χ3n) is 4.26. The lowest BCUT2D eigenvalue weighted by molar-refractivity contribution is -0.182. The molecule has 0 atom stereocenters. The molecule has 1 aromatic carbocycles. The fourth-order valence-electron chi connectivity index (χ4n) is 3.10. The van der Waals surface area contributed by atoms with E-state index in [2.05, 4.69) is 54.3 Å². The van der Waals surface area contributed by atoms with Crippen molar-refractivity contribution >= 4 is 0 Å². The summed E-state index contributed by atoms with van der Waals surface area (Å²) in [5.74, 6) is 0. The van der Waals surface area contributed by atoms with Gasteiger partial charge in [-0.1, -0.05) is 12.1 Å². The summed E-state index contributed by atoms with van der Waals surface area (Å²) < 4.78 is 13.2. The maximum Gasteiger partial charge on any atom is 0.158 e. The van der Waals surface area contributed by atoms with Gasteiger partial charge in [0.25, 0.3) is 0 Å². The van der Waals surface area contributed by atoms with Gasteiger partial charge in [0.1, 0.15) is 0 Å². The molecule has 1 saturated heterocycles. The largest absolute Gasteiger partial charge is 0.353 e. The Balaban J connectivity index is 1.58. The number of aromatic nitrogens is 2. The monoisotopic (exact) mass is 329 g/mol. The van der Waals surface area contributed by atoms with Gasteiger partial charge in [-0.2, -0.15) is 5.10 Å². The van der Waals surface area contributed by atoms with Crippen LogP contribution >= 0.6 is 0 Å². The molecule has 3 rings (SSSR count). The van der Waals surface area contributed by atoms with E-state index in [4.69, 9.17) is 9.47 Å². The number of nitrogens with zero attached hydrogens (tertiary/aromatic N) is 3. The van der Waals surface area contributed by atoms with Crippen molar-refractivity contribution < 1.29 is 9.47 Å². The molecule has 0 bridgehead atoms. The Hall–Kier alpha value is -1.69. The molecule has 0 amide bonds. The minimum atomic E-state index is -0.0396. The number of hydrogen-bond donors (Lipinski definition) is 0. The Bertz CT molecular complexity index is 662. The SMILES string of the molecule is Cc1cc(C)n(-c2cccc(CN(C)CCC3OCCCO3)c2)n1. The van der Waals surface area contributed by atoms with E-state index < -0.39 is 0 Å². The normalized spacial score (nSPS) is 16.0. The van der Waals surface area contributed by atoms with Crippen LogP contribution in [0.25, 0.3) is 5.69 Å². The van der Waals surface area contributed by atoms with Gasteiger partial charge in [-0.15, -0.1) is 0 Å². The van der Waals surface area contributed by atoms with Crippen LogP contribution in [-0.4, -0.2) is 47.8 Å². The molecule has 5 nitrogen and oxygen atoms in total. The number of benzene rings is 1. The van der Waals surface area contributed by atoms with Crippen LogP contribution < -0.4 is 0 Å². The van der Waals surface area contributed by atoms with E-state index in [0.717, 1.165) is 56.2 Å². The molecule has 1 aromatic heterocycles. The highest BCUT2D eigenvalue weighted by atomic mass is 16.7. The zero-order valence-corrected chi connectivity index (χ0v) is 14.9. The van der Waals surface area contributed by atoms with E-state index in [9.17, 15) is 0 Å². The Morgan fingerprint density at radius 3 is 2.71 bits per heavy atom. The zero-order chi connectivity index (χ0) is 16.9. The van der Waals surface area contributed by atoms with Crippen molar-refractivity contribution in [1.29, 1.82) is 0 Å². The predicted octanol–water partition coefficient (Wildman–Crippen LogP) is 3.07. The second-order valence-electron chi connectivity index (χ2n) is 6.56. The van der Waals surface area contributed by atoms with Crippen LogP contribution in [0.3, 0.4) is 0 Å². The Morgan fingerprint density at radius 2 is 2.00 bits per heavy atom. The van der Waals surface area contributed by atoms with E-state index in [0.29, 0.717) is 0 Å². The van der Waals surface area contributed by atoms with Crippen LogP contribution in [-0.2, 0) is 16.0 Å². The number of hydrogen-bond acceptors (Lipinski definition) is 4. The molecule has 0 aliphatic carbocycles. The molecule has 0 N–H and O–H groups in total. The average Bonchev–Trinajstić information content (AvgIpc) is 2.93. The first-order valence-electron chi connectivity index (χ1n) is 8.66. The quantitative estimate of drug-likeness (QED) is 0.816. The van der Waals surface area contributed by atoms with E-state index in [1.165, 1.54) is 5.56 Å². The average molecular weight is 329 g/mol. The molecule has 2 heterocycles. The number of ether oxygens (including phenoxy) is 2. The third-order valence-corrected chi connectivity index (χ3v) is 4.26. The molecule has 0 unspecified atom stereocenters. The van der Waals surface area contributed by atoms with E-state index in [1.54, 1.807) is 0 Å². The smallest absolute Gasteiger partial charge is 0.158 e. The summed E-state index contributed by atoms with van der Waals surface area (Å²) in [6.45, 7) is 7.60. The summed E-state index contributed by atoms with van der Waals surface area (Å²) in [6.07, 6.45) is 1.88. The summed E-state index contributed by atoms with van der Waals surface area (Å²) in [5, 5.41) is 4.57. The lowest BCUT2D eigenvalue weighted by Gasteiger charge is -2.25. The third kappa shape index (κ3) is 4.44. The first-order valence-corrected chi connectivity index (χ1v) is 8.66. The number of rotatable bonds is 6. The van der Waals surface area contributed by atoms with Gasteiger partial charge in [0.15, 0.2) is 6.29 Å². The highest BCUT2D eigenvalue weighted by molar-refractivity contribution is 5.37. The van der Waals surface area contributed by atoms with Crippen molar-refractivity contribution in [3.63, 3.8) is 0 Å². The van der Waals surface area contributed by atoms with Crippen LogP contribution in [0.2, 0.25) is 0 Å². The molecule has 130 valence electrons. The van der Waals surface area contributed by atoms with Crippen molar-refractivity contribution in [1.82, 2.24) is 14.7 Å². The van der Waals surface area contributed by atoms with E-state index in [-0.39, 0.29) is 6.29 Å². The van der Waals surface area contributed by atoms with E-state index in [1.807, 2.05) is 11.6 Å². The maximum atomic E-state index is 5.61. The van der Waals surface area contributed by atoms with Gasteiger partial charge in [0.2, 0.25) is 0 Å². The lowest BCUT2D eigenvalue weighted by Crippen LogP contribution is -2.29. The van der Waals surface area contributed by atoms with Gasteiger partial charge in [0, 0.05) is 25.2 Å². The topological polar surface area (TPSA) is 39.5 Å². The number of aryl methyl sites for hydroxylation is 2. The Morgan fingerprint density at radius 1 is 1.21 bits per heavy atom. The predicted molar refractivity (Wildman–Crippen MR) is 94.3 cm³/mol. The standard InChI is InChI=1S/C19H27N3O2/c1-15-12-16(2)22(20-15)18-7-4-6-17(13-18)14-21(3)9-8-19-23-10-5-11-24-19/h4,6-7,12-13,19H,5,8-11,14H2,1-3H3. The van der Waals surface area contributed by atoms with Crippen molar-refractivity contribution in [2.45, 2.75) is 39.5 Å². The molecule has 1 aliphatic rings. The summed E-state index contributed by atoms with van der Waals surface area (Å²) in [6, 6.07) is 10.7. The van der Waals surface area contributed by atoms with Gasteiger partial charge >= 0.3 is 0 Å². The highest BCUT2D eigenvalue weighted by Crippen LogP contribution is 2.15. The first kappa shape index (κ1) is 17.1. The van der Waals surface area contributed by atoms with Gasteiger partial charge < -0.3 is 14.4 Å². The van der Waals surface area contributed by atoms with E-state index >= 15 is 0 Å². The molecule has 2 aromatic rings. The second-order valence-corrected chi connectivity index (χ2v) is 6.56. The van der Waals surface area contributed by atoms with Gasteiger partial charge in [-0.3, -0.25) is 0 Å². The first-order chi connectivity index (χ1) is 11.6. The molecule has 24 heavy (non-hydrogen) atoms. The summed E-state index contributed by atoms with van der Waals surface area (Å²) in [5.41, 5.74) is 4.60. The fourth-order valence-corrected chi connectivity index (χ4v) is 3.10. The molecule has 1 fully saturated rings. The fraction of sp³-hybridized carbons (Fsp3) is 0.526. The second kappa shape index (κ2) is 7.92. The lowest BCUT2D eigenvalue weighted by atomic mass is 10.2. The highest BCUT2D eigenvalue weighted by Gasteiger charge is 2.15. The molecule has 1 aliphatic heterocycles. The van der Waals surface area contributed by atoms with Gasteiger partial charge in [0.05, 0.1) is 24.6 Å².